The van der Waals surface area contributed by atoms with Crippen LogP contribution in [0.2, 0.25) is 5.02 Å². The summed E-state index contributed by atoms with van der Waals surface area (Å²) in [6, 6.07) is 8.59. The van der Waals surface area contributed by atoms with Crippen LogP contribution in [-0.2, 0) is 5.60 Å². The zero-order valence-electron chi connectivity index (χ0n) is 15.6. The molecule has 28 heavy (non-hydrogen) atoms. The number of halogens is 3. The standard InChI is InChI=1S/C20H19ClF2N4O/c1-10-11(2)27-18(14-6-5-13(24)9-15(14)22)25-26-19(27)20(10,3)28-17-7-4-12(21)8-16(17)23/h4-11H,24H2,1-3H3. The molecule has 1 aliphatic rings. The first kappa shape index (κ1) is 18.7. The van der Waals surface area contributed by atoms with E-state index in [1.165, 1.54) is 18.2 Å². The van der Waals surface area contributed by atoms with Gasteiger partial charge in [0.15, 0.2) is 28.8 Å². The third kappa shape index (κ3) is 2.73. The number of nitrogens with zero attached hydrogens (tertiary/aromatic N) is 3. The summed E-state index contributed by atoms with van der Waals surface area (Å²) in [5.74, 6) is -0.153. The van der Waals surface area contributed by atoms with Crippen LogP contribution in [0, 0.1) is 17.6 Å². The van der Waals surface area contributed by atoms with Crippen LogP contribution in [-0.4, -0.2) is 14.8 Å². The normalized spacial score (nSPS) is 23.6. The summed E-state index contributed by atoms with van der Waals surface area (Å²) in [4.78, 5) is 0. The van der Waals surface area contributed by atoms with E-state index in [1.54, 1.807) is 18.2 Å². The molecule has 8 heteroatoms. The highest BCUT2D eigenvalue weighted by atomic mass is 35.5. The van der Waals surface area contributed by atoms with Crippen LogP contribution in [0.4, 0.5) is 14.5 Å². The van der Waals surface area contributed by atoms with Crippen molar-refractivity contribution in [3.8, 4) is 17.1 Å². The van der Waals surface area contributed by atoms with E-state index in [1.807, 2.05) is 25.3 Å². The minimum atomic E-state index is -0.955. The molecule has 0 aliphatic carbocycles. The number of nitrogens with two attached hydrogens (primary N) is 1. The first-order valence-corrected chi connectivity index (χ1v) is 9.25. The minimum absolute atomic E-state index is 0.0719. The van der Waals surface area contributed by atoms with Crippen LogP contribution in [0.5, 0.6) is 5.75 Å². The average molecular weight is 405 g/mol. The Labute approximate surface area is 166 Å². The predicted octanol–water partition coefficient (Wildman–Crippen LogP) is 4.96. The van der Waals surface area contributed by atoms with Gasteiger partial charge < -0.3 is 15.0 Å². The second-order valence-electron chi connectivity index (χ2n) is 7.27. The maximum Gasteiger partial charge on any atom is 0.178 e. The fraction of sp³-hybridized carbons (Fsp3) is 0.300. The van der Waals surface area contributed by atoms with Gasteiger partial charge in [-0.3, -0.25) is 0 Å². The molecule has 2 aromatic carbocycles. The average Bonchev–Trinajstić information content (AvgIpc) is 3.14. The first-order chi connectivity index (χ1) is 13.2. The van der Waals surface area contributed by atoms with E-state index in [4.69, 9.17) is 22.1 Å². The Morgan fingerprint density at radius 3 is 2.54 bits per heavy atom. The fourth-order valence-electron chi connectivity index (χ4n) is 3.72. The van der Waals surface area contributed by atoms with Crippen molar-refractivity contribution in [3.05, 3.63) is 58.9 Å². The van der Waals surface area contributed by atoms with Crippen molar-refractivity contribution in [2.45, 2.75) is 32.4 Å². The topological polar surface area (TPSA) is 66.0 Å². The van der Waals surface area contributed by atoms with Crippen LogP contribution in [0.1, 0.15) is 32.6 Å². The van der Waals surface area contributed by atoms with Gasteiger partial charge in [0.05, 0.1) is 5.56 Å². The lowest BCUT2D eigenvalue weighted by atomic mass is 9.88. The van der Waals surface area contributed by atoms with E-state index in [0.29, 0.717) is 22.9 Å². The zero-order chi connectivity index (χ0) is 20.2. The molecule has 0 radical (unpaired) electrons. The Bertz CT molecular complexity index is 1070. The molecular weight excluding hydrogens is 386 g/mol. The lowest BCUT2D eigenvalue weighted by Gasteiger charge is -2.30. The molecule has 3 atom stereocenters. The summed E-state index contributed by atoms with van der Waals surface area (Å²) in [6.45, 7) is 5.79. The highest BCUT2D eigenvalue weighted by molar-refractivity contribution is 6.30. The van der Waals surface area contributed by atoms with Crippen molar-refractivity contribution in [2.75, 3.05) is 5.73 Å². The third-order valence-corrected chi connectivity index (χ3v) is 5.82. The van der Waals surface area contributed by atoms with Gasteiger partial charge in [0.25, 0.3) is 0 Å². The van der Waals surface area contributed by atoms with Crippen molar-refractivity contribution < 1.29 is 13.5 Å². The Morgan fingerprint density at radius 1 is 1.11 bits per heavy atom. The van der Waals surface area contributed by atoms with E-state index < -0.39 is 17.2 Å². The largest absolute Gasteiger partial charge is 0.476 e. The van der Waals surface area contributed by atoms with Gasteiger partial charge >= 0.3 is 0 Å². The molecule has 3 unspecified atom stereocenters. The van der Waals surface area contributed by atoms with Gasteiger partial charge in [-0.2, -0.15) is 0 Å². The molecule has 4 rings (SSSR count). The number of nitrogen functional groups attached to an aromatic ring is 1. The van der Waals surface area contributed by atoms with Crippen molar-refractivity contribution in [3.63, 3.8) is 0 Å². The lowest BCUT2D eigenvalue weighted by Crippen LogP contribution is -2.35. The molecular formula is C20H19ClF2N4O. The second kappa shape index (κ2) is 6.44. The summed E-state index contributed by atoms with van der Waals surface area (Å²) in [7, 11) is 0. The molecule has 0 fully saturated rings. The predicted molar refractivity (Wildman–Crippen MR) is 103 cm³/mol. The molecule has 0 saturated heterocycles. The molecule has 146 valence electrons. The number of benzene rings is 2. The monoisotopic (exact) mass is 404 g/mol. The molecule has 1 aromatic heterocycles. The summed E-state index contributed by atoms with van der Waals surface area (Å²) < 4.78 is 36.7. The van der Waals surface area contributed by atoms with Gasteiger partial charge in [-0.1, -0.05) is 18.5 Å². The second-order valence-corrected chi connectivity index (χ2v) is 7.71. The maximum atomic E-state index is 14.5. The first-order valence-electron chi connectivity index (χ1n) is 8.87. The number of ether oxygens (including phenoxy) is 1. The molecule has 0 amide bonds. The highest BCUT2D eigenvalue weighted by Crippen LogP contribution is 2.48. The lowest BCUT2D eigenvalue weighted by molar-refractivity contribution is 0.0273. The molecule has 0 bridgehead atoms. The van der Waals surface area contributed by atoms with Crippen molar-refractivity contribution in [2.24, 2.45) is 5.92 Å². The number of aromatic nitrogens is 3. The molecule has 1 aliphatic heterocycles. The van der Waals surface area contributed by atoms with Crippen molar-refractivity contribution >= 4 is 17.3 Å². The van der Waals surface area contributed by atoms with E-state index in [2.05, 4.69) is 10.2 Å². The summed E-state index contributed by atoms with van der Waals surface area (Å²) in [5.41, 5.74) is 5.32. The van der Waals surface area contributed by atoms with E-state index in [9.17, 15) is 8.78 Å². The van der Waals surface area contributed by atoms with Crippen LogP contribution < -0.4 is 10.5 Å². The van der Waals surface area contributed by atoms with Gasteiger partial charge in [-0.05, 0) is 50.2 Å². The SMILES string of the molecule is CC1C(C)C(C)(Oc2ccc(Cl)cc2F)c2nnc(-c3ccc(N)cc3F)n21. The van der Waals surface area contributed by atoms with Crippen molar-refractivity contribution in [1.82, 2.24) is 14.8 Å². The number of rotatable bonds is 3. The molecule has 0 spiro atoms. The van der Waals surface area contributed by atoms with Gasteiger partial charge in [0.1, 0.15) is 5.82 Å². The Balaban J connectivity index is 1.81. The minimum Gasteiger partial charge on any atom is -0.476 e. The van der Waals surface area contributed by atoms with Crippen LogP contribution in [0.25, 0.3) is 11.4 Å². The van der Waals surface area contributed by atoms with E-state index in [-0.39, 0.29) is 22.7 Å². The van der Waals surface area contributed by atoms with E-state index in [0.717, 1.165) is 0 Å². The molecule has 5 nitrogen and oxygen atoms in total. The summed E-state index contributed by atoms with van der Waals surface area (Å²) in [5, 5.41) is 8.75. The number of fused-ring (bicyclic) bond motifs is 1. The van der Waals surface area contributed by atoms with Crippen LogP contribution in [0.15, 0.2) is 36.4 Å². The molecule has 2 heterocycles. The zero-order valence-corrected chi connectivity index (χ0v) is 16.3. The van der Waals surface area contributed by atoms with Crippen molar-refractivity contribution in [1.29, 1.82) is 0 Å². The highest BCUT2D eigenvalue weighted by Gasteiger charge is 2.51. The molecule has 0 saturated carbocycles. The Hall–Kier alpha value is -2.67. The van der Waals surface area contributed by atoms with Crippen LogP contribution >= 0.6 is 11.6 Å². The number of hydrogen-bond acceptors (Lipinski definition) is 4. The summed E-state index contributed by atoms with van der Waals surface area (Å²) >= 11 is 5.83. The van der Waals surface area contributed by atoms with Crippen LogP contribution in [0.3, 0.4) is 0 Å². The fourth-order valence-corrected chi connectivity index (χ4v) is 3.88. The Morgan fingerprint density at radius 2 is 1.86 bits per heavy atom. The molecule has 3 aromatic rings. The van der Waals surface area contributed by atoms with Gasteiger partial charge in [-0.15, -0.1) is 10.2 Å². The number of hydrogen-bond donors (Lipinski definition) is 1. The maximum absolute atomic E-state index is 14.5. The van der Waals surface area contributed by atoms with Gasteiger partial charge in [0, 0.05) is 22.7 Å². The van der Waals surface area contributed by atoms with E-state index >= 15 is 0 Å². The Kier molecular flexibility index (Phi) is 4.30. The molecule has 2 N–H and O–H groups in total. The number of anilines is 1. The van der Waals surface area contributed by atoms with Gasteiger partial charge in [0.2, 0.25) is 0 Å². The van der Waals surface area contributed by atoms with Gasteiger partial charge in [-0.25, -0.2) is 8.78 Å². The summed E-state index contributed by atoms with van der Waals surface area (Å²) in [6.07, 6.45) is 0. The smallest absolute Gasteiger partial charge is 0.178 e. The third-order valence-electron chi connectivity index (χ3n) is 5.59. The quantitative estimate of drug-likeness (QED) is 0.626.